The van der Waals surface area contributed by atoms with E-state index in [2.05, 4.69) is 0 Å². The molecule has 2 aromatic carbocycles. The lowest BCUT2D eigenvalue weighted by molar-refractivity contribution is 0.0926. The first-order valence-corrected chi connectivity index (χ1v) is 7.77. The van der Waals surface area contributed by atoms with Crippen LogP contribution in [0.5, 0.6) is 0 Å². The van der Waals surface area contributed by atoms with E-state index < -0.39 is 23.7 Å². The van der Waals surface area contributed by atoms with Crippen LogP contribution in [-0.4, -0.2) is 36.1 Å². The monoisotopic (exact) mass is 326 g/mol. The highest BCUT2D eigenvalue weighted by atomic mass is 19.1. The Morgan fingerprint density at radius 1 is 1.00 bits per heavy atom. The van der Waals surface area contributed by atoms with Crippen LogP contribution >= 0.6 is 0 Å². The zero-order valence-electron chi connectivity index (χ0n) is 12.8. The maximum absolute atomic E-state index is 14.5. The van der Waals surface area contributed by atoms with Gasteiger partial charge in [0.15, 0.2) is 0 Å². The van der Waals surface area contributed by atoms with Crippen LogP contribution in [0.4, 0.5) is 15.8 Å². The zero-order valence-corrected chi connectivity index (χ0v) is 12.8. The van der Waals surface area contributed by atoms with E-state index in [1.165, 1.54) is 12.1 Å². The molecule has 2 aliphatic heterocycles. The number of rotatable bonds is 2. The van der Waals surface area contributed by atoms with E-state index in [1.807, 2.05) is 0 Å². The lowest BCUT2D eigenvalue weighted by atomic mass is 10.1. The van der Waals surface area contributed by atoms with Crippen LogP contribution < -0.4 is 9.80 Å². The summed E-state index contributed by atoms with van der Waals surface area (Å²) < 4.78 is 14.5. The van der Waals surface area contributed by atoms with Crippen LogP contribution in [0.25, 0.3) is 0 Å². The Labute approximate surface area is 137 Å². The minimum absolute atomic E-state index is 0.184. The number of benzene rings is 2. The molecule has 2 aromatic rings. The topological polar surface area (TPSA) is 60.9 Å². The van der Waals surface area contributed by atoms with Crippen LogP contribution in [0.15, 0.2) is 42.5 Å². The predicted octanol–water partition coefficient (Wildman–Crippen LogP) is 2.20. The molecule has 0 aromatic heterocycles. The predicted molar refractivity (Wildman–Crippen MR) is 86.8 cm³/mol. The Bertz CT molecular complexity index is 817. The van der Waals surface area contributed by atoms with E-state index in [0.717, 1.165) is 4.90 Å². The van der Waals surface area contributed by atoms with E-state index in [9.17, 15) is 19.1 Å². The summed E-state index contributed by atoms with van der Waals surface area (Å²) in [5.41, 5.74) is 1.04. The Kier molecular flexibility index (Phi) is 3.35. The minimum Gasteiger partial charge on any atom is -0.391 e. The molecule has 2 heterocycles. The molecule has 6 heteroatoms. The average Bonchev–Trinajstić information content (AvgIpc) is 3.10. The first kappa shape index (κ1) is 14.8. The van der Waals surface area contributed by atoms with Gasteiger partial charge in [0.1, 0.15) is 5.82 Å². The van der Waals surface area contributed by atoms with Gasteiger partial charge in [0.2, 0.25) is 0 Å². The van der Waals surface area contributed by atoms with E-state index in [1.54, 1.807) is 35.2 Å². The second-order valence-electron chi connectivity index (χ2n) is 5.99. The Balaban J connectivity index is 1.83. The third-order valence-electron chi connectivity index (χ3n) is 4.48. The van der Waals surface area contributed by atoms with Crippen LogP contribution in [0, 0.1) is 5.82 Å². The molecular weight excluding hydrogens is 311 g/mol. The number of halogens is 1. The number of imide groups is 1. The van der Waals surface area contributed by atoms with Gasteiger partial charge < -0.3 is 10.0 Å². The number of carbonyl (C=O) groups is 2. The molecular formula is C18H15FN2O3. The summed E-state index contributed by atoms with van der Waals surface area (Å²) in [5.74, 6) is -1.43. The molecule has 122 valence electrons. The van der Waals surface area contributed by atoms with Crippen LogP contribution in [0.2, 0.25) is 0 Å². The van der Waals surface area contributed by atoms with E-state index >= 15 is 0 Å². The van der Waals surface area contributed by atoms with Gasteiger partial charge in [-0.25, -0.2) is 9.29 Å². The van der Waals surface area contributed by atoms with Crippen molar-refractivity contribution in [2.45, 2.75) is 12.5 Å². The lowest BCUT2D eigenvalue weighted by Gasteiger charge is -2.25. The molecule has 0 aliphatic carbocycles. The summed E-state index contributed by atoms with van der Waals surface area (Å²) in [6.45, 7) is 0.745. The standard InChI is InChI=1S/C18H15FN2O3/c19-14-6-3-7-15(16(14)20-9-8-11(22)10-20)21-17(23)12-4-1-2-5-13(12)18(21)24/h1-7,11,22H,8-10H2. The van der Waals surface area contributed by atoms with Gasteiger partial charge in [-0.1, -0.05) is 18.2 Å². The minimum atomic E-state index is -0.542. The zero-order chi connectivity index (χ0) is 16.8. The number of aliphatic hydroxyl groups is 1. The number of para-hydroxylation sites is 1. The van der Waals surface area contributed by atoms with Gasteiger partial charge in [0.05, 0.1) is 28.6 Å². The summed E-state index contributed by atoms with van der Waals surface area (Å²) in [6.07, 6.45) is -0.0183. The number of fused-ring (bicyclic) bond motifs is 1. The van der Waals surface area contributed by atoms with Crippen molar-refractivity contribution in [3.05, 3.63) is 59.4 Å². The second kappa shape index (κ2) is 5.42. The molecule has 1 fully saturated rings. The number of aliphatic hydroxyl groups excluding tert-OH is 1. The third-order valence-corrected chi connectivity index (χ3v) is 4.48. The van der Waals surface area contributed by atoms with Crippen molar-refractivity contribution in [3.8, 4) is 0 Å². The maximum atomic E-state index is 14.5. The maximum Gasteiger partial charge on any atom is 0.266 e. The molecule has 1 saturated heterocycles. The number of hydrogen-bond acceptors (Lipinski definition) is 4. The van der Waals surface area contributed by atoms with Crippen molar-refractivity contribution in [1.82, 2.24) is 0 Å². The van der Waals surface area contributed by atoms with Crippen LogP contribution in [-0.2, 0) is 0 Å². The van der Waals surface area contributed by atoms with E-state index in [4.69, 9.17) is 0 Å². The normalized spacial score (nSPS) is 20.0. The van der Waals surface area contributed by atoms with Crippen LogP contribution in [0.3, 0.4) is 0 Å². The Morgan fingerprint density at radius 3 is 2.25 bits per heavy atom. The number of carbonyl (C=O) groups excluding carboxylic acids is 2. The Morgan fingerprint density at radius 2 is 1.67 bits per heavy atom. The highest BCUT2D eigenvalue weighted by molar-refractivity contribution is 6.35. The molecule has 0 spiro atoms. The van der Waals surface area contributed by atoms with Gasteiger partial charge in [-0.2, -0.15) is 0 Å². The summed E-state index contributed by atoms with van der Waals surface area (Å²) in [7, 11) is 0. The first-order valence-electron chi connectivity index (χ1n) is 7.77. The highest BCUT2D eigenvalue weighted by Gasteiger charge is 2.39. The number of β-amino-alcohol motifs (C(OH)–C–C–N with tert-alkyl or cyclic N) is 1. The summed E-state index contributed by atoms with van der Waals surface area (Å²) in [5, 5.41) is 9.74. The molecule has 24 heavy (non-hydrogen) atoms. The van der Waals surface area contributed by atoms with Crippen molar-refractivity contribution >= 4 is 23.2 Å². The van der Waals surface area contributed by atoms with E-state index in [-0.39, 0.29) is 17.9 Å². The number of anilines is 2. The Hall–Kier alpha value is -2.73. The van der Waals surface area contributed by atoms with Crippen molar-refractivity contribution < 1.29 is 19.1 Å². The molecule has 0 saturated carbocycles. The quantitative estimate of drug-likeness (QED) is 0.860. The lowest BCUT2D eigenvalue weighted by Crippen LogP contribution is -2.32. The molecule has 2 aliphatic rings. The van der Waals surface area contributed by atoms with Crippen molar-refractivity contribution in [3.63, 3.8) is 0 Å². The van der Waals surface area contributed by atoms with Gasteiger partial charge in [0, 0.05) is 13.1 Å². The largest absolute Gasteiger partial charge is 0.391 e. The summed E-state index contributed by atoms with van der Waals surface area (Å²) >= 11 is 0. The molecule has 0 bridgehead atoms. The van der Waals surface area contributed by atoms with Gasteiger partial charge in [0.25, 0.3) is 11.8 Å². The molecule has 4 rings (SSSR count). The third kappa shape index (κ3) is 2.11. The van der Waals surface area contributed by atoms with Gasteiger partial charge in [-0.3, -0.25) is 9.59 Å². The fraction of sp³-hybridized carbons (Fsp3) is 0.222. The molecule has 1 unspecified atom stereocenters. The van der Waals surface area contributed by atoms with Crippen molar-refractivity contribution in [1.29, 1.82) is 0 Å². The fourth-order valence-electron chi connectivity index (χ4n) is 3.35. The van der Waals surface area contributed by atoms with Gasteiger partial charge in [-0.15, -0.1) is 0 Å². The molecule has 0 radical (unpaired) electrons. The molecule has 1 N–H and O–H groups in total. The number of amides is 2. The van der Waals surface area contributed by atoms with E-state index in [0.29, 0.717) is 24.1 Å². The average molecular weight is 326 g/mol. The fourth-order valence-corrected chi connectivity index (χ4v) is 3.35. The van der Waals surface area contributed by atoms with Gasteiger partial charge in [-0.05, 0) is 30.7 Å². The number of hydrogen-bond donors (Lipinski definition) is 1. The smallest absolute Gasteiger partial charge is 0.266 e. The van der Waals surface area contributed by atoms with Crippen LogP contribution in [0.1, 0.15) is 27.1 Å². The molecule has 5 nitrogen and oxygen atoms in total. The van der Waals surface area contributed by atoms with Crippen molar-refractivity contribution in [2.75, 3.05) is 22.9 Å². The SMILES string of the molecule is O=C1c2ccccc2C(=O)N1c1cccc(F)c1N1CCC(O)C1. The number of nitrogens with zero attached hydrogens (tertiary/aromatic N) is 2. The second-order valence-corrected chi connectivity index (χ2v) is 5.99. The molecule has 1 atom stereocenters. The highest BCUT2D eigenvalue weighted by Crippen LogP contribution is 2.38. The molecule has 2 amide bonds. The van der Waals surface area contributed by atoms with Crippen molar-refractivity contribution in [2.24, 2.45) is 0 Å². The summed E-state index contributed by atoms with van der Waals surface area (Å²) in [6, 6.07) is 10.9. The first-order chi connectivity index (χ1) is 11.6. The summed E-state index contributed by atoms with van der Waals surface area (Å²) in [4.78, 5) is 28.0. The van der Waals surface area contributed by atoms with Gasteiger partial charge >= 0.3 is 0 Å².